The minimum atomic E-state index is -0.413. The Kier molecular flexibility index (Phi) is 4.39. The van der Waals surface area contributed by atoms with Crippen LogP contribution < -0.4 is 4.90 Å². The Balaban J connectivity index is 1.87. The topological polar surface area (TPSA) is 55.3 Å². The fraction of sp³-hybridized carbons (Fsp3) is 0.611. The highest BCUT2D eigenvalue weighted by Gasteiger charge is 2.26. The van der Waals surface area contributed by atoms with Gasteiger partial charge in [0.05, 0.1) is 12.0 Å². The number of ether oxygens (including phenoxy) is 1. The first kappa shape index (κ1) is 15.8. The van der Waals surface area contributed by atoms with E-state index in [-0.39, 0.29) is 5.82 Å². The van der Waals surface area contributed by atoms with Crippen LogP contribution in [0.15, 0.2) is 0 Å². The van der Waals surface area contributed by atoms with Gasteiger partial charge >= 0.3 is 5.97 Å². The quantitative estimate of drug-likeness (QED) is 0.793. The molecule has 0 amide bonds. The van der Waals surface area contributed by atoms with Crippen molar-refractivity contribution in [3.8, 4) is 0 Å². The van der Waals surface area contributed by atoms with Gasteiger partial charge in [-0.2, -0.15) is 0 Å². The van der Waals surface area contributed by atoms with Crippen LogP contribution in [0.25, 0.3) is 10.2 Å². The lowest BCUT2D eigenvalue weighted by Gasteiger charge is -2.29. The first-order chi connectivity index (χ1) is 11.8. The van der Waals surface area contributed by atoms with Crippen molar-refractivity contribution in [2.24, 2.45) is 0 Å². The van der Waals surface area contributed by atoms with Crippen LogP contribution >= 0.6 is 11.3 Å². The summed E-state index contributed by atoms with van der Waals surface area (Å²) >= 11 is 1.74. The van der Waals surface area contributed by atoms with Crippen LogP contribution in [0.5, 0.6) is 0 Å². The highest BCUT2D eigenvalue weighted by molar-refractivity contribution is 7.19. The molecule has 2 aromatic rings. The van der Waals surface area contributed by atoms with E-state index in [1.54, 1.807) is 11.3 Å². The molecule has 0 atom stereocenters. The van der Waals surface area contributed by atoms with Crippen molar-refractivity contribution in [2.75, 3.05) is 24.6 Å². The molecular formula is C18H23N3O2S. The van der Waals surface area contributed by atoms with E-state index < -0.39 is 5.97 Å². The number of aromatic nitrogens is 2. The minimum Gasteiger partial charge on any atom is -0.460 e. The Morgan fingerprint density at radius 3 is 2.71 bits per heavy atom. The third-order valence-corrected chi connectivity index (χ3v) is 6.09. The molecule has 0 N–H and O–H groups in total. The average molecular weight is 345 g/mol. The summed E-state index contributed by atoms with van der Waals surface area (Å²) in [5, 5.41) is 1.20. The van der Waals surface area contributed by atoms with Gasteiger partial charge < -0.3 is 9.64 Å². The predicted octanol–water partition coefficient (Wildman–Crippen LogP) is 3.74. The van der Waals surface area contributed by atoms with Gasteiger partial charge in [0.1, 0.15) is 10.6 Å². The molecule has 0 radical (unpaired) electrons. The first-order valence-corrected chi connectivity index (χ1v) is 9.84. The van der Waals surface area contributed by atoms with E-state index in [4.69, 9.17) is 4.74 Å². The number of rotatable bonds is 3. The lowest BCUT2D eigenvalue weighted by atomic mass is 9.96. The van der Waals surface area contributed by atoms with Crippen molar-refractivity contribution < 1.29 is 9.53 Å². The standard InChI is InChI=1S/C18H23N3O2S/c1-2-23-18(22)15-19-16(21-10-6-3-7-11-21)14-12-8-4-5-9-13(12)24-17(14)20-15/h2-11H2,1H3. The zero-order chi connectivity index (χ0) is 16.5. The summed E-state index contributed by atoms with van der Waals surface area (Å²) in [4.78, 5) is 26.2. The predicted molar refractivity (Wildman–Crippen MR) is 96.1 cm³/mol. The number of carbonyl (C=O) groups is 1. The van der Waals surface area contributed by atoms with E-state index in [9.17, 15) is 4.79 Å². The molecular weight excluding hydrogens is 322 g/mol. The number of anilines is 1. The Morgan fingerprint density at radius 1 is 1.12 bits per heavy atom. The van der Waals surface area contributed by atoms with Crippen molar-refractivity contribution in [2.45, 2.75) is 51.9 Å². The lowest BCUT2D eigenvalue weighted by molar-refractivity contribution is 0.0512. The van der Waals surface area contributed by atoms with Gasteiger partial charge in [-0.25, -0.2) is 14.8 Å². The van der Waals surface area contributed by atoms with Gasteiger partial charge in [0.2, 0.25) is 5.82 Å². The van der Waals surface area contributed by atoms with Crippen molar-refractivity contribution in [3.63, 3.8) is 0 Å². The van der Waals surface area contributed by atoms with E-state index in [0.29, 0.717) is 6.61 Å². The second-order valence-corrected chi connectivity index (χ2v) is 7.61. The minimum absolute atomic E-state index is 0.212. The Labute approximate surface area is 146 Å². The largest absolute Gasteiger partial charge is 0.460 e. The molecule has 24 heavy (non-hydrogen) atoms. The number of hydrogen-bond acceptors (Lipinski definition) is 6. The fourth-order valence-electron chi connectivity index (χ4n) is 3.76. The molecule has 1 fully saturated rings. The number of esters is 1. The lowest BCUT2D eigenvalue weighted by Crippen LogP contribution is -2.31. The van der Waals surface area contributed by atoms with Crippen LogP contribution in [0, 0.1) is 0 Å². The second kappa shape index (κ2) is 6.67. The highest BCUT2D eigenvalue weighted by Crippen LogP contribution is 2.40. The summed E-state index contributed by atoms with van der Waals surface area (Å²) in [7, 11) is 0. The monoisotopic (exact) mass is 345 g/mol. The molecule has 0 saturated carbocycles. The number of piperidine rings is 1. The average Bonchev–Trinajstić information content (AvgIpc) is 3.00. The van der Waals surface area contributed by atoms with Gasteiger partial charge in [0.25, 0.3) is 0 Å². The van der Waals surface area contributed by atoms with E-state index in [2.05, 4.69) is 14.9 Å². The number of aryl methyl sites for hydroxylation is 2. The van der Waals surface area contributed by atoms with Crippen LogP contribution in [-0.4, -0.2) is 35.6 Å². The molecule has 0 spiro atoms. The molecule has 0 unspecified atom stereocenters. The molecule has 2 aromatic heterocycles. The molecule has 1 aliphatic carbocycles. The van der Waals surface area contributed by atoms with Gasteiger partial charge in [-0.1, -0.05) is 0 Å². The summed E-state index contributed by atoms with van der Waals surface area (Å²) in [6.07, 6.45) is 8.37. The van der Waals surface area contributed by atoms with E-state index in [1.165, 1.54) is 47.9 Å². The maximum absolute atomic E-state index is 12.2. The molecule has 2 aliphatic rings. The maximum Gasteiger partial charge on any atom is 0.376 e. The fourth-order valence-corrected chi connectivity index (χ4v) is 5.02. The second-order valence-electron chi connectivity index (χ2n) is 6.53. The van der Waals surface area contributed by atoms with E-state index >= 15 is 0 Å². The molecule has 0 bridgehead atoms. The van der Waals surface area contributed by atoms with Gasteiger partial charge in [0, 0.05) is 18.0 Å². The van der Waals surface area contributed by atoms with Crippen LogP contribution in [-0.2, 0) is 17.6 Å². The summed E-state index contributed by atoms with van der Waals surface area (Å²) < 4.78 is 5.14. The third kappa shape index (κ3) is 2.77. The Bertz CT molecular complexity index is 765. The molecule has 5 nitrogen and oxygen atoms in total. The molecule has 1 aliphatic heterocycles. The van der Waals surface area contributed by atoms with Crippen LogP contribution in [0.1, 0.15) is 60.1 Å². The first-order valence-electron chi connectivity index (χ1n) is 9.02. The van der Waals surface area contributed by atoms with Crippen molar-refractivity contribution in [1.82, 2.24) is 9.97 Å². The molecule has 0 aromatic carbocycles. The Hall–Kier alpha value is -1.69. The van der Waals surface area contributed by atoms with Crippen LogP contribution in [0.3, 0.4) is 0 Å². The molecule has 4 rings (SSSR count). The maximum atomic E-state index is 12.2. The zero-order valence-corrected chi connectivity index (χ0v) is 15.0. The molecule has 1 saturated heterocycles. The summed E-state index contributed by atoms with van der Waals surface area (Å²) in [6.45, 7) is 4.18. The Morgan fingerprint density at radius 2 is 1.92 bits per heavy atom. The van der Waals surface area contributed by atoms with Gasteiger partial charge in [-0.15, -0.1) is 11.3 Å². The van der Waals surface area contributed by atoms with E-state index in [0.717, 1.165) is 36.6 Å². The molecule has 128 valence electrons. The van der Waals surface area contributed by atoms with Crippen LogP contribution in [0.4, 0.5) is 5.82 Å². The number of hydrogen-bond donors (Lipinski definition) is 0. The van der Waals surface area contributed by atoms with Gasteiger partial charge in [-0.3, -0.25) is 0 Å². The summed E-state index contributed by atoms with van der Waals surface area (Å²) in [6, 6.07) is 0. The molecule has 6 heteroatoms. The SMILES string of the molecule is CCOC(=O)c1nc(N2CCCCC2)c2c3c(sc2n1)CCCC3. The van der Waals surface area contributed by atoms with Gasteiger partial charge in [0.15, 0.2) is 0 Å². The number of carbonyl (C=O) groups excluding carboxylic acids is 1. The molecule has 3 heterocycles. The summed E-state index contributed by atoms with van der Waals surface area (Å²) in [5.41, 5.74) is 1.43. The van der Waals surface area contributed by atoms with Crippen molar-refractivity contribution >= 4 is 33.3 Å². The summed E-state index contributed by atoms with van der Waals surface area (Å²) in [5.74, 6) is 0.759. The van der Waals surface area contributed by atoms with Gasteiger partial charge in [-0.05, 0) is 57.4 Å². The smallest absolute Gasteiger partial charge is 0.376 e. The van der Waals surface area contributed by atoms with Crippen molar-refractivity contribution in [1.29, 1.82) is 0 Å². The number of fused-ring (bicyclic) bond motifs is 3. The van der Waals surface area contributed by atoms with Crippen molar-refractivity contribution in [3.05, 3.63) is 16.3 Å². The zero-order valence-electron chi connectivity index (χ0n) is 14.1. The number of nitrogens with zero attached hydrogens (tertiary/aromatic N) is 3. The van der Waals surface area contributed by atoms with E-state index in [1.807, 2.05) is 6.92 Å². The third-order valence-electron chi connectivity index (χ3n) is 4.91. The highest BCUT2D eigenvalue weighted by atomic mass is 32.1. The van der Waals surface area contributed by atoms with Crippen LogP contribution in [0.2, 0.25) is 0 Å². The normalized spacial score (nSPS) is 17.8. The number of thiophene rings is 1.